The highest BCUT2D eigenvalue weighted by Crippen LogP contribution is 2.37. The molecule has 1 saturated heterocycles. The number of aliphatic hydroxyl groups is 3. The number of rotatable bonds is 5. The predicted octanol–water partition coefficient (Wildman–Crippen LogP) is -1.89. The average molecular weight is 317 g/mol. The average Bonchev–Trinajstić information content (AvgIpc) is 2.34. The van der Waals surface area contributed by atoms with Gasteiger partial charge in [-0.1, -0.05) is 0 Å². The fourth-order valence-corrected chi connectivity index (χ4v) is 3.17. The molecule has 1 rings (SSSR count). The van der Waals surface area contributed by atoms with Crippen LogP contribution in [0.15, 0.2) is 0 Å². The van der Waals surface area contributed by atoms with Crippen molar-refractivity contribution >= 4 is 17.3 Å². The Labute approximate surface area is 128 Å². The molecule has 1 aliphatic rings. The van der Waals surface area contributed by atoms with Crippen molar-refractivity contribution in [3.05, 3.63) is 0 Å². The standard InChI is InChI=1S/C14H23NO7/c1-6(16)14(7(2)17,8(3)18)12-10(19)9(15(4)5)11(20)13(21)22-12/h9-13,19-21H,1-5H3. The monoisotopic (exact) mass is 317 g/mol. The number of likely N-dealkylation sites (N-methyl/N-ethyl adjacent to an activating group) is 1. The van der Waals surface area contributed by atoms with Gasteiger partial charge in [-0.25, -0.2) is 0 Å². The van der Waals surface area contributed by atoms with Gasteiger partial charge in [0.15, 0.2) is 29.1 Å². The normalized spacial score (nSPS) is 32.9. The maximum Gasteiger partial charge on any atom is 0.183 e. The fourth-order valence-electron chi connectivity index (χ4n) is 3.17. The van der Waals surface area contributed by atoms with E-state index in [1.165, 1.54) is 4.90 Å². The molecule has 0 amide bonds. The largest absolute Gasteiger partial charge is 0.389 e. The first-order chi connectivity index (χ1) is 9.99. The topological polar surface area (TPSA) is 124 Å². The van der Waals surface area contributed by atoms with Crippen LogP contribution >= 0.6 is 0 Å². The minimum atomic E-state index is -2.21. The van der Waals surface area contributed by atoms with Crippen LogP contribution in [0, 0.1) is 5.41 Å². The number of aliphatic hydroxyl groups excluding tert-OH is 3. The van der Waals surface area contributed by atoms with Gasteiger partial charge >= 0.3 is 0 Å². The Kier molecular flexibility index (Phi) is 5.58. The third-order valence-electron chi connectivity index (χ3n) is 4.28. The molecule has 0 aliphatic carbocycles. The van der Waals surface area contributed by atoms with Crippen molar-refractivity contribution in [2.24, 2.45) is 5.41 Å². The summed E-state index contributed by atoms with van der Waals surface area (Å²) in [7, 11) is 3.09. The zero-order chi connectivity index (χ0) is 17.4. The Balaban J connectivity index is 3.45. The lowest BCUT2D eigenvalue weighted by atomic mass is 9.68. The first-order valence-corrected chi connectivity index (χ1v) is 6.88. The van der Waals surface area contributed by atoms with E-state index >= 15 is 0 Å². The first-order valence-electron chi connectivity index (χ1n) is 6.88. The third-order valence-corrected chi connectivity index (χ3v) is 4.28. The van der Waals surface area contributed by atoms with Crippen LogP contribution in [0.2, 0.25) is 0 Å². The summed E-state index contributed by atoms with van der Waals surface area (Å²) in [6, 6.07) is -1.01. The van der Waals surface area contributed by atoms with Crippen molar-refractivity contribution in [2.45, 2.75) is 51.4 Å². The quantitative estimate of drug-likeness (QED) is 0.503. The molecule has 0 aromatic rings. The number of carbonyl (C=O) groups excluding carboxylic acids is 3. The summed E-state index contributed by atoms with van der Waals surface area (Å²) in [6.07, 6.45) is -6.29. The molecule has 8 nitrogen and oxygen atoms in total. The van der Waals surface area contributed by atoms with E-state index in [1.54, 1.807) is 14.1 Å². The second-order valence-electron chi connectivity index (χ2n) is 5.86. The molecule has 1 fully saturated rings. The molecule has 3 N–H and O–H groups in total. The van der Waals surface area contributed by atoms with E-state index in [-0.39, 0.29) is 0 Å². The van der Waals surface area contributed by atoms with Crippen LogP contribution in [0.3, 0.4) is 0 Å². The van der Waals surface area contributed by atoms with E-state index in [1.807, 2.05) is 0 Å². The van der Waals surface area contributed by atoms with Gasteiger partial charge in [0.25, 0.3) is 0 Å². The molecule has 126 valence electrons. The second kappa shape index (κ2) is 6.51. The number of hydrogen-bond acceptors (Lipinski definition) is 8. The maximum atomic E-state index is 12.1. The van der Waals surface area contributed by atoms with Crippen LogP contribution in [0.5, 0.6) is 0 Å². The van der Waals surface area contributed by atoms with E-state index in [2.05, 4.69) is 0 Å². The SMILES string of the molecule is CC(=O)C(C(C)=O)(C(C)=O)C1OC(O)C(O)C(N(C)C)C1O. The summed E-state index contributed by atoms with van der Waals surface area (Å²) >= 11 is 0. The van der Waals surface area contributed by atoms with Gasteiger partial charge in [-0.05, 0) is 34.9 Å². The third kappa shape index (κ3) is 2.72. The van der Waals surface area contributed by atoms with E-state index < -0.39 is 53.4 Å². The Morgan fingerprint density at radius 1 is 0.909 bits per heavy atom. The molecule has 5 unspecified atom stereocenters. The van der Waals surface area contributed by atoms with Crippen molar-refractivity contribution in [3.63, 3.8) is 0 Å². The summed E-state index contributed by atoms with van der Waals surface area (Å²) in [6.45, 7) is 3.17. The Morgan fingerprint density at radius 2 is 1.32 bits per heavy atom. The van der Waals surface area contributed by atoms with E-state index in [0.29, 0.717) is 0 Å². The second-order valence-corrected chi connectivity index (χ2v) is 5.86. The molecule has 0 aromatic carbocycles. The highest BCUT2D eigenvalue weighted by Gasteiger charge is 2.60. The zero-order valence-electron chi connectivity index (χ0n) is 13.3. The van der Waals surface area contributed by atoms with Crippen LogP contribution in [-0.4, -0.2) is 82.3 Å². The van der Waals surface area contributed by atoms with Crippen molar-refractivity contribution in [2.75, 3.05) is 14.1 Å². The molecule has 5 atom stereocenters. The van der Waals surface area contributed by atoms with Gasteiger partial charge in [-0.3, -0.25) is 14.4 Å². The Bertz CT molecular complexity index is 440. The molecule has 0 aromatic heterocycles. The van der Waals surface area contributed by atoms with Crippen molar-refractivity contribution < 1.29 is 34.4 Å². The van der Waals surface area contributed by atoms with Crippen LogP contribution < -0.4 is 0 Å². The van der Waals surface area contributed by atoms with E-state index in [9.17, 15) is 29.7 Å². The smallest absolute Gasteiger partial charge is 0.183 e. The fraction of sp³-hybridized carbons (Fsp3) is 0.786. The molecular formula is C14H23NO7. The van der Waals surface area contributed by atoms with Gasteiger partial charge in [-0.2, -0.15) is 0 Å². The predicted molar refractivity (Wildman–Crippen MR) is 74.8 cm³/mol. The van der Waals surface area contributed by atoms with Crippen molar-refractivity contribution in [1.82, 2.24) is 4.90 Å². The first kappa shape index (κ1) is 18.9. The summed E-state index contributed by atoms with van der Waals surface area (Å²) < 4.78 is 5.11. The molecule has 0 saturated carbocycles. The lowest BCUT2D eigenvalue weighted by molar-refractivity contribution is -0.281. The van der Waals surface area contributed by atoms with Crippen molar-refractivity contribution in [3.8, 4) is 0 Å². The minimum Gasteiger partial charge on any atom is -0.389 e. The van der Waals surface area contributed by atoms with Crippen LogP contribution in [-0.2, 0) is 19.1 Å². The Hall–Kier alpha value is -1.19. The van der Waals surface area contributed by atoms with Crippen LogP contribution in [0.1, 0.15) is 20.8 Å². The number of nitrogens with zero attached hydrogens (tertiary/aromatic N) is 1. The lowest BCUT2D eigenvalue weighted by Gasteiger charge is -2.48. The van der Waals surface area contributed by atoms with Gasteiger partial charge < -0.3 is 25.0 Å². The lowest BCUT2D eigenvalue weighted by Crippen LogP contribution is -2.69. The van der Waals surface area contributed by atoms with Crippen LogP contribution in [0.4, 0.5) is 0 Å². The molecule has 0 radical (unpaired) electrons. The zero-order valence-corrected chi connectivity index (χ0v) is 13.3. The molecule has 1 aliphatic heterocycles. The summed E-state index contributed by atoms with van der Waals surface area (Å²) in [5.74, 6) is -2.34. The molecular weight excluding hydrogens is 294 g/mol. The molecule has 8 heteroatoms. The van der Waals surface area contributed by atoms with Gasteiger partial charge in [-0.15, -0.1) is 0 Å². The number of ketones is 3. The summed E-state index contributed by atoms with van der Waals surface area (Å²) in [5, 5.41) is 30.3. The minimum absolute atomic E-state index is 0.780. The van der Waals surface area contributed by atoms with Gasteiger partial charge in [0.1, 0.15) is 18.3 Å². The summed E-state index contributed by atoms with van der Waals surface area (Å²) in [5.41, 5.74) is -2.21. The number of carbonyl (C=O) groups is 3. The summed E-state index contributed by atoms with van der Waals surface area (Å²) in [4.78, 5) is 37.6. The maximum absolute atomic E-state index is 12.1. The molecule has 1 heterocycles. The molecule has 0 spiro atoms. The van der Waals surface area contributed by atoms with Gasteiger partial charge in [0.05, 0.1) is 6.04 Å². The highest BCUT2D eigenvalue weighted by atomic mass is 16.6. The van der Waals surface area contributed by atoms with E-state index in [0.717, 1.165) is 20.8 Å². The van der Waals surface area contributed by atoms with E-state index in [4.69, 9.17) is 4.74 Å². The van der Waals surface area contributed by atoms with Gasteiger partial charge in [0.2, 0.25) is 0 Å². The number of Topliss-reactive ketones (excluding diaryl/α,β-unsaturated/α-hetero) is 3. The molecule has 22 heavy (non-hydrogen) atoms. The van der Waals surface area contributed by atoms with Crippen LogP contribution in [0.25, 0.3) is 0 Å². The molecule has 0 bridgehead atoms. The number of ether oxygens (including phenoxy) is 1. The number of hydrogen-bond donors (Lipinski definition) is 3. The highest BCUT2D eigenvalue weighted by molar-refractivity contribution is 6.23. The van der Waals surface area contributed by atoms with Gasteiger partial charge in [0, 0.05) is 0 Å². The van der Waals surface area contributed by atoms with Crippen molar-refractivity contribution in [1.29, 1.82) is 0 Å². The Morgan fingerprint density at radius 3 is 1.64 bits per heavy atom.